The van der Waals surface area contributed by atoms with Crippen molar-refractivity contribution in [1.29, 1.82) is 0 Å². The van der Waals surface area contributed by atoms with Gasteiger partial charge in [0.1, 0.15) is 0 Å². The number of methoxy groups -OCH3 is 1. The molecule has 11 nitrogen and oxygen atoms in total. The molecular formula is C19H19FN4O7S3. The Morgan fingerprint density at radius 1 is 1.12 bits per heavy atom. The Balaban J connectivity index is 1.95. The second-order valence-corrected chi connectivity index (χ2v) is 11.9. The van der Waals surface area contributed by atoms with Gasteiger partial charge < -0.3 is 14.8 Å². The SMILES string of the molecule is COc1cccc(F)c1Oc1ccc(NS(=O)(=O)CS(C)(=O)=O)cc1NC(=O)Nc1nccs1. The third kappa shape index (κ3) is 7.03. The van der Waals surface area contributed by atoms with Crippen LogP contribution in [0.5, 0.6) is 17.2 Å². The Morgan fingerprint density at radius 2 is 1.88 bits per heavy atom. The maximum absolute atomic E-state index is 14.4. The minimum Gasteiger partial charge on any atom is -0.493 e. The lowest BCUT2D eigenvalue weighted by Crippen LogP contribution is -2.22. The first-order chi connectivity index (χ1) is 16.0. The number of anilines is 3. The fraction of sp³-hybridized carbons (Fsp3) is 0.158. The summed E-state index contributed by atoms with van der Waals surface area (Å²) in [6, 6.07) is 7.00. The lowest BCUT2D eigenvalue weighted by molar-refractivity contribution is 0.262. The third-order valence-electron chi connectivity index (χ3n) is 3.89. The normalized spacial score (nSPS) is 11.5. The molecule has 3 aromatic rings. The zero-order valence-corrected chi connectivity index (χ0v) is 20.2. The Labute approximate surface area is 198 Å². The number of urea groups is 1. The molecule has 0 spiro atoms. The van der Waals surface area contributed by atoms with E-state index in [0.29, 0.717) is 5.13 Å². The van der Waals surface area contributed by atoms with Gasteiger partial charge in [-0.25, -0.2) is 31.0 Å². The summed E-state index contributed by atoms with van der Waals surface area (Å²) < 4.78 is 74.4. The maximum Gasteiger partial charge on any atom is 0.325 e. The molecule has 0 saturated carbocycles. The topological polar surface area (TPSA) is 153 Å². The van der Waals surface area contributed by atoms with Crippen molar-refractivity contribution in [3.63, 3.8) is 0 Å². The molecule has 0 aliphatic heterocycles. The standard InChI is InChI=1S/C19H19FN4O7S3/c1-30-16-5-3-4-13(20)17(16)31-15-7-6-12(24-34(28,29)11-33(2,26)27)10-14(15)22-18(25)23-19-21-8-9-32-19/h3-10,24H,11H2,1-2H3,(H2,21,22,23,25). The molecule has 0 radical (unpaired) electrons. The Hall–Kier alpha value is -3.43. The number of nitrogens with zero attached hydrogens (tertiary/aromatic N) is 1. The second-order valence-electron chi connectivity index (χ2n) is 6.76. The summed E-state index contributed by atoms with van der Waals surface area (Å²) in [6.07, 6.45) is 2.26. The molecule has 1 heterocycles. The van der Waals surface area contributed by atoms with Crippen LogP contribution in [0.25, 0.3) is 0 Å². The van der Waals surface area contributed by atoms with Gasteiger partial charge in [-0.2, -0.15) is 0 Å². The van der Waals surface area contributed by atoms with E-state index in [4.69, 9.17) is 9.47 Å². The van der Waals surface area contributed by atoms with Crippen molar-refractivity contribution in [3.8, 4) is 17.2 Å². The zero-order chi connectivity index (χ0) is 24.9. The number of carbonyl (C=O) groups is 1. The highest BCUT2D eigenvalue weighted by Crippen LogP contribution is 2.38. The van der Waals surface area contributed by atoms with Crippen LogP contribution in [0.1, 0.15) is 0 Å². The Kier molecular flexibility index (Phi) is 7.58. The molecule has 2 amide bonds. The average molecular weight is 531 g/mol. The number of hydrogen-bond acceptors (Lipinski definition) is 9. The first kappa shape index (κ1) is 25.2. The first-order valence-electron chi connectivity index (χ1n) is 9.26. The largest absolute Gasteiger partial charge is 0.493 e. The lowest BCUT2D eigenvalue weighted by atomic mass is 10.2. The van der Waals surface area contributed by atoms with Gasteiger partial charge in [0.2, 0.25) is 15.8 Å². The minimum atomic E-state index is -4.26. The van der Waals surface area contributed by atoms with E-state index in [-0.39, 0.29) is 28.6 Å². The van der Waals surface area contributed by atoms with E-state index in [2.05, 4.69) is 20.3 Å². The van der Waals surface area contributed by atoms with E-state index in [9.17, 15) is 26.0 Å². The smallest absolute Gasteiger partial charge is 0.325 e. The van der Waals surface area contributed by atoms with E-state index in [1.165, 1.54) is 43.6 Å². The van der Waals surface area contributed by atoms with Crippen LogP contribution in [0, 0.1) is 5.82 Å². The van der Waals surface area contributed by atoms with Gasteiger partial charge in [0, 0.05) is 17.8 Å². The van der Waals surface area contributed by atoms with Gasteiger partial charge in [-0.3, -0.25) is 10.0 Å². The van der Waals surface area contributed by atoms with Gasteiger partial charge >= 0.3 is 6.03 Å². The molecule has 0 saturated heterocycles. The van der Waals surface area contributed by atoms with Crippen molar-refractivity contribution in [2.75, 3.05) is 33.8 Å². The molecule has 182 valence electrons. The number of nitrogens with one attached hydrogen (secondary N) is 3. The number of halogens is 1. The summed E-state index contributed by atoms with van der Waals surface area (Å²) in [5.74, 6) is -0.978. The van der Waals surface area contributed by atoms with Crippen LogP contribution in [-0.2, 0) is 19.9 Å². The quantitative estimate of drug-likeness (QED) is 0.380. The molecule has 3 N–H and O–H groups in total. The zero-order valence-electron chi connectivity index (χ0n) is 17.7. The molecule has 3 rings (SSSR count). The van der Waals surface area contributed by atoms with Crippen molar-refractivity contribution in [3.05, 3.63) is 53.8 Å². The molecule has 0 bridgehead atoms. The minimum absolute atomic E-state index is 0.0521. The molecule has 0 aliphatic carbocycles. The molecule has 1 aromatic heterocycles. The van der Waals surface area contributed by atoms with Crippen molar-refractivity contribution >= 4 is 53.7 Å². The van der Waals surface area contributed by atoms with Crippen LogP contribution in [0.3, 0.4) is 0 Å². The van der Waals surface area contributed by atoms with Gasteiger partial charge in [0.25, 0.3) is 0 Å². The Morgan fingerprint density at radius 3 is 2.53 bits per heavy atom. The maximum atomic E-state index is 14.4. The van der Waals surface area contributed by atoms with Crippen LogP contribution >= 0.6 is 11.3 Å². The van der Waals surface area contributed by atoms with Crippen molar-refractivity contribution in [1.82, 2.24) is 4.98 Å². The van der Waals surface area contributed by atoms with E-state index >= 15 is 0 Å². The summed E-state index contributed by atoms with van der Waals surface area (Å²) in [7, 11) is -6.78. The first-order valence-corrected chi connectivity index (χ1v) is 13.8. The predicted octanol–water partition coefficient (Wildman–Crippen LogP) is 3.47. The van der Waals surface area contributed by atoms with E-state index in [0.717, 1.165) is 23.7 Å². The highest BCUT2D eigenvalue weighted by Gasteiger charge is 2.20. The van der Waals surface area contributed by atoms with E-state index < -0.39 is 36.8 Å². The molecule has 0 aliphatic rings. The van der Waals surface area contributed by atoms with Crippen LogP contribution in [0.15, 0.2) is 48.0 Å². The van der Waals surface area contributed by atoms with Gasteiger partial charge in [0.15, 0.2) is 37.4 Å². The fourth-order valence-electron chi connectivity index (χ4n) is 2.67. The predicted molar refractivity (Wildman–Crippen MR) is 126 cm³/mol. The van der Waals surface area contributed by atoms with Crippen LogP contribution in [0.4, 0.5) is 25.7 Å². The lowest BCUT2D eigenvalue weighted by Gasteiger charge is -2.16. The highest BCUT2D eigenvalue weighted by atomic mass is 32.3. The number of sulfone groups is 1. The van der Waals surface area contributed by atoms with Gasteiger partial charge in [-0.1, -0.05) is 6.07 Å². The molecule has 2 aromatic carbocycles. The number of ether oxygens (including phenoxy) is 2. The summed E-state index contributed by atoms with van der Waals surface area (Å²) in [5.41, 5.74) is -0.125. The summed E-state index contributed by atoms with van der Waals surface area (Å²) in [4.78, 5) is 16.4. The molecule has 34 heavy (non-hydrogen) atoms. The summed E-state index contributed by atoms with van der Waals surface area (Å²) in [6.45, 7) is 0. The fourth-order valence-corrected chi connectivity index (χ4v) is 6.17. The number of hydrogen-bond donors (Lipinski definition) is 3. The number of thiazole rings is 1. The van der Waals surface area contributed by atoms with E-state index in [1.807, 2.05) is 0 Å². The van der Waals surface area contributed by atoms with Gasteiger partial charge in [-0.15, -0.1) is 11.3 Å². The average Bonchev–Trinajstić information content (AvgIpc) is 3.21. The van der Waals surface area contributed by atoms with Crippen molar-refractivity contribution in [2.45, 2.75) is 0 Å². The molecule has 0 unspecified atom stereocenters. The van der Waals surface area contributed by atoms with Crippen LogP contribution in [-0.4, -0.2) is 46.3 Å². The monoisotopic (exact) mass is 530 g/mol. The number of amides is 2. The number of para-hydroxylation sites is 1. The third-order valence-corrected chi connectivity index (χ3v) is 8.07. The van der Waals surface area contributed by atoms with Gasteiger partial charge in [0.05, 0.1) is 18.5 Å². The van der Waals surface area contributed by atoms with Crippen molar-refractivity contribution in [2.24, 2.45) is 0 Å². The summed E-state index contributed by atoms with van der Waals surface area (Å²) in [5, 5.41) is 5.75. The second kappa shape index (κ2) is 10.2. The molecule has 0 atom stereocenters. The number of rotatable bonds is 9. The number of aromatic nitrogens is 1. The summed E-state index contributed by atoms with van der Waals surface area (Å²) >= 11 is 1.16. The number of benzene rings is 2. The highest BCUT2D eigenvalue weighted by molar-refractivity contribution is 8.08. The Bertz CT molecular complexity index is 1400. The molecule has 0 fully saturated rings. The number of carbonyl (C=O) groups excluding carboxylic acids is 1. The van der Waals surface area contributed by atoms with Crippen LogP contribution in [0.2, 0.25) is 0 Å². The van der Waals surface area contributed by atoms with Gasteiger partial charge in [-0.05, 0) is 30.3 Å². The molecule has 15 heteroatoms. The van der Waals surface area contributed by atoms with Crippen molar-refractivity contribution < 1.29 is 35.5 Å². The number of sulfonamides is 1. The van der Waals surface area contributed by atoms with E-state index in [1.54, 1.807) is 5.38 Å². The van der Waals surface area contributed by atoms with Crippen LogP contribution < -0.4 is 24.8 Å². The molecular weight excluding hydrogens is 511 g/mol.